The molecule has 21 heavy (non-hydrogen) atoms. The van der Waals surface area contributed by atoms with E-state index in [1.807, 2.05) is 0 Å². The van der Waals surface area contributed by atoms with Crippen LogP contribution in [0.4, 0.5) is 15.8 Å². The minimum absolute atomic E-state index is 0.00113. The predicted octanol–water partition coefficient (Wildman–Crippen LogP) is 1.95. The van der Waals surface area contributed by atoms with Gasteiger partial charge in [-0.2, -0.15) is 0 Å². The summed E-state index contributed by atoms with van der Waals surface area (Å²) in [5, 5.41) is 7.17. The van der Waals surface area contributed by atoms with Crippen molar-refractivity contribution in [1.82, 2.24) is 4.98 Å². The van der Waals surface area contributed by atoms with Crippen LogP contribution in [0.2, 0.25) is 0 Å². The Bertz CT molecular complexity index is 687. The van der Waals surface area contributed by atoms with Gasteiger partial charge in [-0.15, -0.1) is 11.3 Å². The van der Waals surface area contributed by atoms with Gasteiger partial charge in [0.2, 0.25) is 5.91 Å². The molecule has 0 fully saturated rings. The smallest absolute Gasteiger partial charge is 0.275 e. The number of rotatable bonds is 4. The number of benzene rings is 1. The lowest BCUT2D eigenvalue weighted by Gasteiger charge is -2.08. The van der Waals surface area contributed by atoms with Crippen LogP contribution in [0.5, 0.6) is 0 Å². The molecule has 1 aromatic heterocycles. The molecule has 0 aliphatic carbocycles. The molecule has 110 valence electrons. The van der Waals surface area contributed by atoms with Crippen molar-refractivity contribution in [2.24, 2.45) is 5.73 Å². The lowest BCUT2D eigenvalue weighted by molar-refractivity contribution is -0.114. The van der Waals surface area contributed by atoms with Crippen molar-refractivity contribution < 1.29 is 14.0 Å². The van der Waals surface area contributed by atoms with Crippen molar-refractivity contribution in [3.8, 4) is 0 Å². The fourth-order valence-corrected chi connectivity index (χ4v) is 2.25. The average Bonchev–Trinajstić information content (AvgIpc) is 2.91. The minimum atomic E-state index is -0.581. The number of amides is 2. The number of nitrogens with one attached hydrogen (secondary N) is 2. The van der Waals surface area contributed by atoms with Gasteiger partial charge in [0.15, 0.2) is 0 Å². The van der Waals surface area contributed by atoms with Crippen LogP contribution in [0.15, 0.2) is 23.6 Å². The molecular formula is C13H13FN4O2S. The molecule has 1 aromatic carbocycles. The molecule has 2 aromatic rings. The number of hydrogen-bond acceptors (Lipinski definition) is 5. The van der Waals surface area contributed by atoms with Crippen LogP contribution in [-0.2, 0) is 11.3 Å². The Morgan fingerprint density at radius 2 is 2.14 bits per heavy atom. The summed E-state index contributed by atoms with van der Waals surface area (Å²) >= 11 is 1.29. The van der Waals surface area contributed by atoms with Gasteiger partial charge in [0.25, 0.3) is 5.91 Å². The van der Waals surface area contributed by atoms with Crippen molar-refractivity contribution in [1.29, 1.82) is 0 Å². The molecular weight excluding hydrogens is 295 g/mol. The SMILES string of the molecule is CC(=O)Nc1cc(NC(=O)c2csc(CN)n2)ccc1F. The van der Waals surface area contributed by atoms with E-state index in [0.717, 1.165) is 6.07 Å². The zero-order chi connectivity index (χ0) is 15.4. The zero-order valence-corrected chi connectivity index (χ0v) is 12.0. The number of hydrogen-bond donors (Lipinski definition) is 3. The maximum atomic E-state index is 13.5. The maximum Gasteiger partial charge on any atom is 0.275 e. The van der Waals surface area contributed by atoms with Gasteiger partial charge in [0.05, 0.1) is 5.69 Å². The Kier molecular flexibility index (Phi) is 4.61. The maximum absolute atomic E-state index is 13.5. The summed E-state index contributed by atoms with van der Waals surface area (Å²) in [6.07, 6.45) is 0. The first-order valence-corrected chi connectivity index (χ1v) is 6.90. The molecule has 0 radical (unpaired) electrons. The monoisotopic (exact) mass is 308 g/mol. The molecule has 0 aliphatic heterocycles. The standard InChI is InChI=1S/C13H13FN4O2S/c1-7(19)16-10-4-8(2-3-9(10)14)17-13(20)11-6-21-12(5-15)18-11/h2-4,6H,5,15H2,1H3,(H,16,19)(H,17,20). The van der Waals surface area contributed by atoms with Crippen LogP contribution in [0.3, 0.4) is 0 Å². The number of nitrogens with two attached hydrogens (primary N) is 1. The number of thiazole rings is 1. The van der Waals surface area contributed by atoms with E-state index in [0.29, 0.717) is 10.7 Å². The summed E-state index contributed by atoms with van der Waals surface area (Å²) in [5.41, 5.74) is 6.03. The Labute approximate surface area is 124 Å². The van der Waals surface area contributed by atoms with E-state index in [-0.39, 0.29) is 17.9 Å². The van der Waals surface area contributed by atoms with Gasteiger partial charge in [0, 0.05) is 24.5 Å². The predicted molar refractivity (Wildman–Crippen MR) is 78.7 cm³/mol. The van der Waals surface area contributed by atoms with E-state index in [4.69, 9.17) is 5.73 Å². The van der Waals surface area contributed by atoms with Crippen molar-refractivity contribution in [2.75, 3.05) is 10.6 Å². The van der Waals surface area contributed by atoms with E-state index >= 15 is 0 Å². The number of carbonyl (C=O) groups is 2. The normalized spacial score (nSPS) is 10.2. The molecule has 2 rings (SSSR count). The first kappa shape index (κ1) is 15.1. The Morgan fingerprint density at radius 1 is 1.38 bits per heavy atom. The van der Waals surface area contributed by atoms with E-state index in [1.54, 1.807) is 5.38 Å². The van der Waals surface area contributed by atoms with Gasteiger partial charge >= 0.3 is 0 Å². The number of aromatic nitrogens is 1. The third-order valence-corrected chi connectivity index (χ3v) is 3.37. The molecule has 0 spiro atoms. The van der Waals surface area contributed by atoms with Crippen LogP contribution >= 0.6 is 11.3 Å². The second kappa shape index (κ2) is 6.42. The molecule has 2 amide bonds. The highest BCUT2D eigenvalue weighted by Crippen LogP contribution is 2.20. The number of halogens is 1. The average molecular weight is 308 g/mol. The van der Waals surface area contributed by atoms with E-state index in [1.165, 1.54) is 30.4 Å². The third kappa shape index (κ3) is 3.83. The third-order valence-electron chi connectivity index (χ3n) is 2.49. The first-order valence-electron chi connectivity index (χ1n) is 6.02. The zero-order valence-electron chi connectivity index (χ0n) is 11.1. The molecule has 0 saturated carbocycles. The summed E-state index contributed by atoms with van der Waals surface area (Å²) in [7, 11) is 0. The Morgan fingerprint density at radius 3 is 2.76 bits per heavy atom. The summed E-state index contributed by atoms with van der Waals surface area (Å²) in [6, 6.07) is 3.90. The van der Waals surface area contributed by atoms with E-state index in [2.05, 4.69) is 15.6 Å². The summed E-state index contributed by atoms with van der Waals surface area (Å²) < 4.78 is 13.5. The highest BCUT2D eigenvalue weighted by Gasteiger charge is 2.12. The van der Waals surface area contributed by atoms with Gasteiger partial charge in [-0.3, -0.25) is 9.59 Å². The number of nitrogens with zero attached hydrogens (tertiary/aromatic N) is 1. The molecule has 0 aliphatic rings. The van der Waals surface area contributed by atoms with E-state index in [9.17, 15) is 14.0 Å². The fourth-order valence-electron chi connectivity index (χ4n) is 1.59. The van der Waals surface area contributed by atoms with Gasteiger partial charge in [-0.05, 0) is 18.2 Å². The van der Waals surface area contributed by atoms with Crippen LogP contribution in [-0.4, -0.2) is 16.8 Å². The number of carbonyl (C=O) groups excluding carboxylic acids is 2. The lowest BCUT2D eigenvalue weighted by atomic mass is 10.2. The van der Waals surface area contributed by atoms with Crippen molar-refractivity contribution >= 4 is 34.5 Å². The molecule has 8 heteroatoms. The van der Waals surface area contributed by atoms with Gasteiger partial charge in [0.1, 0.15) is 16.5 Å². The highest BCUT2D eigenvalue weighted by atomic mass is 32.1. The lowest BCUT2D eigenvalue weighted by Crippen LogP contribution is -2.14. The molecule has 6 nitrogen and oxygen atoms in total. The second-order valence-electron chi connectivity index (χ2n) is 4.16. The number of anilines is 2. The molecule has 0 atom stereocenters. The second-order valence-corrected chi connectivity index (χ2v) is 5.10. The summed E-state index contributed by atoms with van der Waals surface area (Å²) in [5.74, 6) is -1.40. The van der Waals surface area contributed by atoms with Crippen molar-refractivity contribution in [2.45, 2.75) is 13.5 Å². The molecule has 0 bridgehead atoms. The van der Waals surface area contributed by atoms with Gasteiger partial charge < -0.3 is 16.4 Å². The van der Waals surface area contributed by atoms with Crippen molar-refractivity contribution in [3.63, 3.8) is 0 Å². The summed E-state index contributed by atoms with van der Waals surface area (Å²) in [4.78, 5) is 27.0. The Hall–Kier alpha value is -2.32. The fraction of sp³-hybridized carbons (Fsp3) is 0.154. The van der Waals surface area contributed by atoms with Crippen LogP contribution in [0.25, 0.3) is 0 Å². The summed E-state index contributed by atoms with van der Waals surface area (Å²) in [6.45, 7) is 1.54. The van der Waals surface area contributed by atoms with Crippen LogP contribution < -0.4 is 16.4 Å². The largest absolute Gasteiger partial charge is 0.325 e. The molecule has 4 N–H and O–H groups in total. The van der Waals surface area contributed by atoms with Gasteiger partial charge in [-0.25, -0.2) is 9.37 Å². The van der Waals surface area contributed by atoms with Crippen LogP contribution in [0.1, 0.15) is 22.4 Å². The Balaban J connectivity index is 2.15. The van der Waals surface area contributed by atoms with Crippen molar-refractivity contribution in [3.05, 3.63) is 40.1 Å². The first-order chi connectivity index (χ1) is 9.99. The molecule has 1 heterocycles. The highest BCUT2D eigenvalue weighted by molar-refractivity contribution is 7.09. The van der Waals surface area contributed by atoms with Gasteiger partial charge in [-0.1, -0.05) is 0 Å². The molecule has 0 unspecified atom stereocenters. The molecule has 0 saturated heterocycles. The minimum Gasteiger partial charge on any atom is -0.325 e. The topological polar surface area (TPSA) is 97.1 Å². The van der Waals surface area contributed by atoms with Crippen LogP contribution in [0, 0.1) is 5.82 Å². The van der Waals surface area contributed by atoms with E-state index < -0.39 is 17.6 Å². The quantitative estimate of drug-likeness (QED) is 0.804.